The van der Waals surface area contributed by atoms with Gasteiger partial charge in [0.2, 0.25) is 0 Å². The van der Waals surface area contributed by atoms with Crippen LogP contribution >= 0.6 is 0 Å². The van der Waals surface area contributed by atoms with Crippen LogP contribution in [0.2, 0.25) is 0 Å². The molecule has 0 aliphatic carbocycles. The second-order valence-corrected chi connectivity index (χ2v) is 6.12. The number of likely N-dealkylation sites (tertiary alicyclic amines) is 1. The summed E-state index contributed by atoms with van der Waals surface area (Å²) in [5.41, 5.74) is 6.42. The molecule has 0 saturated carbocycles. The van der Waals surface area contributed by atoms with E-state index in [-0.39, 0.29) is 11.5 Å². The third-order valence-electron chi connectivity index (χ3n) is 3.46. The maximum absolute atomic E-state index is 6.20. The van der Waals surface area contributed by atoms with Gasteiger partial charge < -0.3 is 5.73 Å². The monoisotopic (exact) mass is 198 g/mol. The van der Waals surface area contributed by atoms with Gasteiger partial charge in [-0.1, -0.05) is 27.7 Å². The Morgan fingerprint density at radius 2 is 1.93 bits per heavy atom. The lowest BCUT2D eigenvalue weighted by Crippen LogP contribution is -2.46. The lowest BCUT2D eigenvalue weighted by molar-refractivity contribution is 0.192. The highest BCUT2D eigenvalue weighted by atomic mass is 15.2. The molecule has 0 amide bonds. The van der Waals surface area contributed by atoms with E-state index in [4.69, 9.17) is 5.73 Å². The highest BCUT2D eigenvalue weighted by Gasteiger charge is 2.30. The molecule has 0 bridgehead atoms. The van der Waals surface area contributed by atoms with Crippen molar-refractivity contribution >= 4 is 0 Å². The SMILES string of the molecule is CC1CC(C)N(CC(N)C(C)(C)C)C1. The van der Waals surface area contributed by atoms with Gasteiger partial charge in [-0.05, 0) is 24.7 Å². The molecule has 0 aromatic rings. The summed E-state index contributed by atoms with van der Waals surface area (Å²) in [6, 6.07) is 1.01. The minimum Gasteiger partial charge on any atom is -0.326 e. The molecule has 0 radical (unpaired) electrons. The molecular weight excluding hydrogens is 172 g/mol. The van der Waals surface area contributed by atoms with E-state index in [1.165, 1.54) is 13.0 Å². The zero-order chi connectivity index (χ0) is 10.9. The van der Waals surface area contributed by atoms with Crippen molar-refractivity contribution < 1.29 is 0 Å². The van der Waals surface area contributed by atoms with Crippen LogP contribution in [-0.4, -0.2) is 30.1 Å². The standard InChI is InChI=1S/C12H26N2/c1-9-6-10(2)14(7-9)8-11(13)12(3,4)5/h9-11H,6-8,13H2,1-5H3. The van der Waals surface area contributed by atoms with Crippen LogP contribution in [0.1, 0.15) is 41.0 Å². The molecule has 1 rings (SSSR count). The molecule has 14 heavy (non-hydrogen) atoms. The number of hydrogen-bond acceptors (Lipinski definition) is 2. The number of nitrogens with two attached hydrogens (primary N) is 1. The minimum absolute atomic E-state index is 0.228. The Morgan fingerprint density at radius 3 is 2.29 bits per heavy atom. The second-order valence-electron chi connectivity index (χ2n) is 6.12. The van der Waals surface area contributed by atoms with Crippen LogP contribution in [0.25, 0.3) is 0 Å². The Labute approximate surface area is 88.8 Å². The van der Waals surface area contributed by atoms with Crippen LogP contribution in [0.3, 0.4) is 0 Å². The molecule has 2 N–H and O–H groups in total. The van der Waals surface area contributed by atoms with Crippen LogP contribution < -0.4 is 5.73 Å². The Hall–Kier alpha value is -0.0800. The largest absolute Gasteiger partial charge is 0.326 e. The smallest absolute Gasteiger partial charge is 0.0217 e. The highest BCUT2D eigenvalue weighted by Crippen LogP contribution is 2.25. The third-order valence-corrected chi connectivity index (χ3v) is 3.46. The van der Waals surface area contributed by atoms with E-state index < -0.39 is 0 Å². The lowest BCUT2D eigenvalue weighted by Gasteiger charge is -2.32. The molecule has 3 unspecified atom stereocenters. The second kappa shape index (κ2) is 4.19. The van der Waals surface area contributed by atoms with Crippen molar-refractivity contribution in [2.45, 2.75) is 53.1 Å². The van der Waals surface area contributed by atoms with Crippen molar-refractivity contribution in [1.82, 2.24) is 4.90 Å². The van der Waals surface area contributed by atoms with E-state index in [9.17, 15) is 0 Å². The maximum atomic E-state index is 6.20. The maximum Gasteiger partial charge on any atom is 0.0217 e. The summed E-state index contributed by atoms with van der Waals surface area (Å²) in [5, 5.41) is 0. The molecule has 84 valence electrons. The van der Waals surface area contributed by atoms with Gasteiger partial charge in [0.25, 0.3) is 0 Å². The summed E-state index contributed by atoms with van der Waals surface area (Å²) < 4.78 is 0. The first-order chi connectivity index (χ1) is 6.30. The first kappa shape index (κ1) is 12.0. The van der Waals surface area contributed by atoms with Crippen molar-refractivity contribution in [3.8, 4) is 0 Å². The fourth-order valence-electron chi connectivity index (χ4n) is 2.17. The van der Waals surface area contributed by atoms with Crippen LogP contribution in [0, 0.1) is 11.3 Å². The van der Waals surface area contributed by atoms with Crippen molar-refractivity contribution in [3.05, 3.63) is 0 Å². The summed E-state index contributed by atoms with van der Waals surface area (Å²) in [5.74, 6) is 0.845. The summed E-state index contributed by atoms with van der Waals surface area (Å²) in [7, 11) is 0. The van der Waals surface area contributed by atoms with Crippen molar-refractivity contribution in [1.29, 1.82) is 0 Å². The Balaban J connectivity index is 2.45. The minimum atomic E-state index is 0.228. The first-order valence-electron chi connectivity index (χ1n) is 5.80. The van der Waals surface area contributed by atoms with Crippen molar-refractivity contribution in [2.75, 3.05) is 13.1 Å². The number of nitrogens with zero attached hydrogens (tertiary/aromatic N) is 1. The van der Waals surface area contributed by atoms with Crippen LogP contribution in [-0.2, 0) is 0 Å². The topological polar surface area (TPSA) is 29.3 Å². The van der Waals surface area contributed by atoms with Gasteiger partial charge in [0.05, 0.1) is 0 Å². The van der Waals surface area contributed by atoms with Crippen molar-refractivity contribution in [3.63, 3.8) is 0 Å². The molecule has 0 spiro atoms. The van der Waals surface area contributed by atoms with Gasteiger partial charge in [-0.15, -0.1) is 0 Å². The molecule has 0 aromatic carbocycles. The molecule has 1 aliphatic rings. The Morgan fingerprint density at radius 1 is 1.36 bits per heavy atom. The summed E-state index contributed by atoms with van der Waals surface area (Å²) in [6.07, 6.45) is 1.33. The molecule has 2 heteroatoms. The first-order valence-corrected chi connectivity index (χ1v) is 5.80. The number of rotatable bonds is 2. The van der Waals surface area contributed by atoms with Gasteiger partial charge in [0, 0.05) is 25.2 Å². The van der Waals surface area contributed by atoms with Crippen molar-refractivity contribution in [2.24, 2.45) is 17.1 Å². The van der Waals surface area contributed by atoms with Crippen LogP contribution in [0.15, 0.2) is 0 Å². The molecule has 1 heterocycles. The average molecular weight is 198 g/mol. The van der Waals surface area contributed by atoms with E-state index in [2.05, 4.69) is 39.5 Å². The normalized spacial score (nSPS) is 32.1. The number of hydrogen-bond donors (Lipinski definition) is 1. The van der Waals surface area contributed by atoms with E-state index in [0.29, 0.717) is 0 Å². The molecular formula is C12H26N2. The summed E-state index contributed by atoms with van der Waals surface area (Å²) in [6.45, 7) is 13.6. The van der Waals surface area contributed by atoms with Gasteiger partial charge in [-0.2, -0.15) is 0 Å². The molecule has 2 nitrogen and oxygen atoms in total. The molecule has 0 aromatic heterocycles. The van der Waals surface area contributed by atoms with E-state index in [1.54, 1.807) is 0 Å². The predicted octanol–water partition coefficient (Wildman–Crippen LogP) is 2.09. The molecule has 3 atom stereocenters. The average Bonchev–Trinajstić information content (AvgIpc) is 2.28. The molecule has 1 aliphatic heterocycles. The van der Waals surface area contributed by atoms with E-state index in [1.807, 2.05) is 0 Å². The van der Waals surface area contributed by atoms with E-state index in [0.717, 1.165) is 18.5 Å². The van der Waals surface area contributed by atoms with Gasteiger partial charge in [0.15, 0.2) is 0 Å². The highest BCUT2D eigenvalue weighted by molar-refractivity contribution is 4.86. The van der Waals surface area contributed by atoms with Gasteiger partial charge in [-0.25, -0.2) is 0 Å². The lowest BCUT2D eigenvalue weighted by atomic mass is 9.87. The third kappa shape index (κ3) is 2.96. The fourth-order valence-corrected chi connectivity index (χ4v) is 2.17. The Bertz CT molecular complexity index is 183. The Kier molecular flexibility index (Phi) is 3.59. The zero-order valence-electron chi connectivity index (χ0n) is 10.4. The van der Waals surface area contributed by atoms with Gasteiger partial charge in [-0.3, -0.25) is 4.90 Å². The van der Waals surface area contributed by atoms with Crippen LogP contribution in [0.4, 0.5) is 0 Å². The fraction of sp³-hybridized carbons (Fsp3) is 1.00. The summed E-state index contributed by atoms with van der Waals surface area (Å²) >= 11 is 0. The van der Waals surface area contributed by atoms with Gasteiger partial charge in [0.1, 0.15) is 0 Å². The van der Waals surface area contributed by atoms with E-state index >= 15 is 0 Å². The molecule has 1 fully saturated rings. The quantitative estimate of drug-likeness (QED) is 0.736. The van der Waals surface area contributed by atoms with Crippen LogP contribution in [0.5, 0.6) is 0 Å². The van der Waals surface area contributed by atoms with Gasteiger partial charge >= 0.3 is 0 Å². The predicted molar refractivity (Wildman–Crippen MR) is 62.2 cm³/mol. The zero-order valence-corrected chi connectivity index (χ0v) is 10.4. The molecule has 1 saturated heterocycles. The summed E-state index contributed by atoms with van der Waals surface area (Å²) in [4.78, 5) is 2.54.